The number of amides is 1. The quantitative estimate of drug-likeness (QED) is 0.795. The topological polar surface area (TPSA) is 73.1 Å². The minimum atomic E-state index is -0.442. The van der Waals surface area contributed by atoms with Crippen molar-refractivity contribution in [1.82, 2.24) is 4.98 Å². The van der Waals surface area contributed by atoms with Crippen LogP contribution in [-0.4, -0.2) is 17.2 Å². The van der Waals surface area contributed by atoms with Gasteiger partial charge in [-0.25, -0.2) is 0 Å². The summed E-state index contributed by atoms with van der Waals surface area (Å²) in [5.41, 5.74) is 6.11. The summed E-state index contributed by atoms with van der Waals surface area (Å²) in [6.45, 7) is 0. The van der Waals surface area contributed by atoms with E-state index >= 15 is 0 Å². The van der Waals surface area contributed by atoms with Gasteiger partial charge in [-0.3, -0.25) is 14.6 Å². The van der Waals surface area contributed by atoms with E-state index in [0.717, 1.165) is 11.8 Å². The second-order valence-electron chi connectivity index (χ2n) is 3.13. The molecule has 0 aliphatic carbocycles. The molecule has 0 spiro atoms. The number of rotatable bonds is 2. The number of primary amides is 1. The van der Waals surface area contributed by atoms with E-state index in [2.05, 4.69) is 4.98 Å². The lowest BCUT2D eigenvalue weighted by Crippen LogP contribution is -2.10. The molecule has 2 N–H and O–H groups in total. The molecule has 0 unspecified atom stereocenters. The van der Waals surface area contributed by atoms with Gasteiger partial charge in [0, 0.05) is 18.0 Å². The largest absolute Gasteiger partial charge is 0.366 e. The highest BCUT2D eigenvalue weighted by molar-refractivity contribution is 5.92. The smallest absolute Gasteiger partial charge is 0.250 e. The molecule has 1 aromatic heterocycles. The van der Waals surface area contributed by atoms with Gasteiger partial charge in [0.15, 0.2) is 0 Å². The number of carbonyl (C=O) groups excluding carboxylic acids is 2. The van der Waals surface area contributed by atoms with E-state index in [1.807, 2.05) is 18.2 Å². The molecule has 1 heterocycles. The van der Waals surface area contributed by atoms with E-state index in [0.29, 0.717) is 5.56 Å². The van der Waals surface area contributed by atoms with Crippen molar-refractivity contribution >= 4 is 12.2 Å². The van der Waals surface area contributed by atoms with Crippen molar-refractivity contribution in [2.75, 3.05) is 0 Å². The minimum absolute atomic E-state index is 0.442. The second kappa shape index (κ2) is 6.90. The van der Waals surface area contributed by atoms with Gasteiger partial charge in [0.05, 0.1) is 5.56 Å². The van der Waals surface area contributed by atoms with Crippen molar-refractivity contribution in [3.8, 4) is 0 Å². The molecule has 0 saturated heterocycles. The molecule has 4 heteroatoms. The molecule has 1 amide bonds. The Bertz CT molecular complexity index is 469. The van der Waals surface area contributed by atoms with Crippen molar-refractivity contribution in [3.63, 3.8) is 0 Å². The van der Waals surface area contributed by atoms with Crippen molar-refractivity contribution < 1.29 is 9.59 Å². The number of benzene rings is 1. The lowest BCUT2D eigenvalue weighted by molar-refractivity contribution is 0.0999. The van der Waals surface area contributed by atoms with Gasteiger partial charge in [0.2, 0.25) is 5.91 Å². The molecule has 4 nitrogen and oxygen atoms in total. The fourth-order valence-electron chi connectivity index (χ4n) is 1.04. The van der Waals surface area contributed by atoms with Crippen molar-refractivity contribution in [2.24, 2.45) is 5.73 Å². The van der Waals surface area contributed by atoms with E-state index in [1.54, 1.807) is 30.5 Å². The van der Waals surface area contributed by atoms with Crippen LogP contribution >= 0.6 is 0 Å². The first-order valence-electron chi connectivity index (χ1n) is 4.94. The van der Waals surface area contributed by atoms with Crippen LogP contribution in [-0.2, 0) is 0 Å². The molecule has 0 atom stereocenters. The maximum atomic E-state index is 10.4. The number of aromatic nitrogens is 1. The summed E-state index contributed by atoms with van der Waals surface area (Å²) < 4.78 is 0. The van der Waals surface area contributed by atoms with E-state index < -0.39 is 5.91 Å². The number of hydrogen-bond donors (Lipinski definition) is 1. The highest BCUT2D eigenvalue weighted by atomic mass is 16.1. The van der Waals surface area contributed by atoms with Gasteiger partial charge in [-0.05, 0) is 12.1 Å². The first kappa shape index (κ1) is 12.6. The molecular weight excluding hydrogens is 216 g/mol. The molecule has 2 aromatic rings. The molecule has 0 bridgehead atoms. The molecule has 0 aliphatic heterocycles. The zero-order chi connectivity index (χ0) is 12.5. The maximum absolute atomic E-state index is 10.4. The molecule has 0 radical (unpaired) electrons. The van der Waals surface area contributed by atoms with E-state index in [1.165, 1.54) is 6.20 Å². The average molecular weight is 228 g/mol. The first-order chi connectivity index (χ1) is 8.24. The Hall–Kier alpha value is -2.49. The summed E-state index contributed by atoms with van der Waals surface area (Å²) in [7, 11) is 0. The molecule has 86 valence electrons. The third kappa shape index (κ3) is 4.70. The molecule has 2 rings (SSSR count). The lowest BCUT2D eigenvalue weighted by atomic mass is 10.2. The van der Waals surface area contributed by atoms with Crippen molar-refractivity contribution in [1.29, 1.82) is 0 Å². The fourth-order valence-corrected chi connectivity index (χ4v) is 1.04. The fraction of sp³-hybridized carbons (Fsp3) is 0. The summed E-state index contributed by atoms with van der Waals surface area (Å²) in [6, 6.07) is 12.4. The summed E-state index contributed by atoms with van der Waals surface area (Å²) in [5.74, 6) is -0.442. The van der Waals surface area contributed by atoms with Crippen LogP contribution in [0.2, 0.25) is 0 Å². The zero-order valence-corrected chi connectivity index (χ0v) is 9.11. The summed E-state index contributed by atoms with van der Waals surface area (Å²) in [6.07, 6.45) is 3.86. The summed E-state index contributed by atoms with van der Waals surface area (Å²) >= 11 is 0. The number of carbonyl (C=O) groups is 2. The monoisotopic (exact) mass is 228 g/mol. The average Bonchev–Trinajstić information content (AvgIpc) is 2.41. The number of aldehydes is 1. The van der Waals surface area contributed by atoms with Crippen LogP contribution in [0.1, 0.15) is 20.7 Å². The van der Waals surface area contributed by atoms with Crippen LogP contribution in [0.4, 0.5) is 0 Å². The predicted molar refractivity (Wildman–Crippen MR) is 64.6 cm³/mol. The summed E-state index contributed by atoms with van der Waals surface area (Å²) in [5, 5.41) is 0. The van der Waals surface area contributed by atoms with E-state index in [9.17, 15) is 9.59 Å². The minimum Gasteiger partial charge on any atom is -0.366 e. The Morgan fingerprint density at radius 3 is 2.18 bits per heavy atom. The van der Waals surface area contributed by atoms with Crippen molar-refractivity contribution in [3.05, 3.63) is 66.0 Å². The number of nitrogens with zero attached hydrogens (tertiary/aromatic N) is 1. The van der Waals surface area contributed by atoms with Gasteiger partial charge in [-0.2, -0.15) is 0 Å². The van der Waals surface area contributed by atoms with Crippen LogP contribution in [0.5, 0.6) is 0 Å². The van der Waals surface area contributed by atoms with E-state index in [4.69, 9.17) is 5.73 Å². The van der Waals surface area contributed by atoms with Gasteiger partial charge in [-0.15, -0.1) is 0 Å². The lowest BCUT2D eigenvalue weighted by Gasteiger charge is -1.88. The van der Waals surface area contributed by atoms with Crippen LogP contribution in [0, 0.1) is 0 Å². The molecule has 17 heavy (non-hydrogen) atoms. The third-order valence-electron chi connectivity index (χ3n) is 1.88. The van der Waals surface area contributed by atoms with Crippen LogP contribution < -0.4 is 5.73 Å². The van der Waals surface area contributed by atoms with Gasteiger partial charge in [0.1, 0.15) is 6.29 Å². The highest BCUT2D eigenvalue weighted by Crippen LogP contribution is 1.92. The van der Waals surface area contributed by atoms with E-state index in [-0.39, 0.29) is 0 Å². The predicted octanol–water partition coefficient (Wildman–Crippen LogP) is 1.68. The van der Waals surface area contributed by atoms with Gasteiger partial charge < -0.3 is 5.73 Å². The number of pyridine rings is 1. The number of nitrogens with two attached hydrogens (primary N) is 1. The second-order valence-corrected chi connectivity index (χ2v) is 3.13. The molecule has 1 aromatic carbocycles. The first-order valence-corrected chi connectivity index (χ1v) is 4.94. The molecule has 0 aliphatic rings. The van der Waals surface area contributed by atoms with Crippen LogP contribution in [0.15, 0.2) is 54.9 Å². The molecule has 0 saturated carbocycles. The Morgan fingerprint density at radius 1 is 1.12 bits per heavy atom. The Morgan fingerprint density at radius 2 is 1.82 bits per heavy atom. The normalized spacial score (nSPS) is 8.71. The van der Waals surface area contributed by atoms with Gasteiger partial charge in [0.25, 0.3) is 0 Å². The molecule has 0 fully saturated rings. The summed E-state index contributed by atoms with van der Waals surface area (Å²) in [4.78, 5) is 24.1. The standard InChI is InChI=1S/C7H6O.C6H6N2O/c8-6-7-4-2-1-3-5-7;7-6(9)5-2-1-3-8-4-5/h1-6H;1-4H,(H2,7,9). The van der Waals surface area contributed by atoms with Crippen LogP contribution in [0.3, 0.4) is 0 Å². The Kier molecular flexibility index (Phi) is 5.10. The Balaban J connectivity index is 0.000000171. The van der Waals surface area contributed by atoms with Crippen LogP contribution in [0.25, 0.3) is 0 Å². The van der Waals surface area contributed by atoms with Crippen molar-refractivity contribution in [2.45, 2.75) is 0 Å². The SMILES string of the molecule is NC(=O)c1cccnc1.O=Cc1ccccc1. The van der Waals surface area contributed by atoms with Gasteiger partial charge in [-0.1, -0.05) is 30.3 Å². The maximum Gasteiger partial charge on any atom is 0.250 e. The number of hydrogen-bond acceptors (Lipinski definition) is 3. The van der Waals surface area contributed by atoms with Gasteiger partial charge >= 0.3 is 0 Å². The third-order valence-corrected chi connectivity index (χ3v) is 1.88. The molecular formula is C13H12N2O2. The highest BCUT2D eigenvalue weighted by Gasteiger charge is 1.94. The Labute approximate surface area is 99.1 Å². The zero-order valence-electron chi connectivity index (χ0n) is 9.11.